The second-order valence-electron chi connectivity index (χ2n) is 6.53. The van der Waals surface area contributed by atoms with Crippen molar-refractivity contribution in [2.24, 2.45) is 0 Å². The van der Waals surface area contributed by atoms with Gasteiger partial charge in [-0.3, -0.25) is 4.79 Å². The fourth-order valence-electron chi connectivity index (χ4n) is 3.06. The molecule has 0 saturated heterocycles. The van der Waals surface area contributed by atoms with Crippen molar-refractivity contribution in [1.29, 1.82) is 0 Å². The quantitative estimate of drug-likeness (QED) is 0.478. The number of nitrogens with zero attached hydrogens (tertiary/aromatic N) is 1. The molecule has 4 rings (SSSR count). The van der Waals surface area contributed by atoms with Gasteiger partial charge in [0.05, 0.1) is 12.2 Å². The van der Waals surface area contributed by atoms with Gasteiger partial charge in [-0.25, -0.2) is 4.98 Å². The lowest BCUT2D eigenvalue weighted by atomic mass is 10.1. The summed E-state index contributed by atoms with van der Waals surface area (Å²) >= 11 is 0. The summed E-state index contributed by atoms with van der Waals surface area (Å²) in [7, 11) is 0. The number of fused-ring (bicyclic) bond motifs is 2. The third-order valence-electron chi connectivity index (χ3n) is 4.41. The molecule has 5 nitrogen and oxygen atoms in total. The molecule has 0 atom stereocenters. The summed E-state index contributed by atoms with van der Waals surface area (Å²) in [5.41, 5.74) is 3.39. The fourth-order valence-corrected chi connectivity index (χ4v) is 3.06. The molecule has 0 fully saturated rings. The molecule has 0 saturated carbocycles. The Kier molecular flexibility index (Phi) is 4.50. The Balaban J connectivity index is 1.76. The molecule has 1 aromatic heterocycles. The predicted molar refractivity (Wildman–Crippen MR) is 104 cm³/mol. The van der Waals surface area contributed by atoms with Gasteiger partial charge in [0.2, 0.25) is 5.89 Å². The maximum atomic E-state index is 10.7. The van der Waals surface area contributed by atoms with E-state index < -0.39 is 5.97 Å². The van der Waals surface area contributed by atoms with Crippen LogP contribution in [0.2, 0.25) is 0 Å². The molecule has 0 amide bonds. The van der Waals surface area contributed by atoms with Crippen LogP contribution in [0, 0.1) is 6.92 Å². The highest BCUT2D eigenvalue weighted by Crippen LogP contribution is 2.35. The minimum Gasteiger partial charge on any atom is -0.493 e. The van der Waals surface area contributed by atoms with Crippen LogP contribution in [0.4, 0.5) is 0 Å². The molecule has 0 aliphatic rings. The van der Waals surface area contributed by atoms with E-state index in [9.17, 15) is 4.79 Å². The number of ether oxygens (including phenoxy) is 1. The Hall–Kier alpha value is -3.34. The van der Waals surface area contributed by atoms with Crippen LogP contribution < -0.4 is 4.74 Å². The van der Waals surface area contributed by atoms with Crippen LogP contribution in [-0.4, -0.2) is 22.7 Å². The maximum absolute atomic E-state index is 10.7. The second-order valence-corrected chi connectivity index (χ2v) is 6.53. The van der Waals surface area contributed by atoms with Gasteiger partial charge in [0.25, 0.3) is 0 Å². The van der Waals surface area contributed by atoms with E-state index in [-0.39, 0.29) is 6.42 Å². The fraction of sp³-hybridized carbons (Fsp3) is 0.182. The van der Waals surface area contributed by atoms with Gasteiger partial charge in [-0.05, 0) is 53.9 Å². The summed E-state index contributed by atoms with van der Waals surface area (Å²) in [6.45, 7) is 2.33. The van der Waals surface area contributed by atoms with E-state index in [0.717, 1.165) is 33.0 Å². The van der Waals surface area contributed by atoms with Crippen LogP contribution in [-0.2, 0) is 4.79 Å². The summed E-state index contributed by atoms with van der Waals surface area (Å²) in [6, 6.07) is 17.8. The first-order chi connectivity index (χ1) is 13.1. The third kappa shape index (κ3) is 3.62. The smallest absolute Gasteiger partial charge is 0.303 e. The Morgan fingerprint density at radius 2 is 1.89 bits per heavy atom. The van der Waals surface area contributed by atoms with E-state index in [1.54, 1.807) is 0 Å². The van der Waals surface area contributed by atoms with Crippen molar-refractivity contribution in [2.75, 3.05) is 6.61 Å². The zero-order valence-corrected chi connectivity index (χ0v) is 14.9. The molecule has 0 unspecified atom stereocenters. The van der Waals surface area contributed by atoms with Gasteiger partial charge < -0.3 is 14.3 Å². The number of benzene rings is 3. The summed E-state index contributed by atoms with van der Waals surface area (Å²) in [4.78, 5) is 15.3. The molecule has 0 spiro atoms. The highest BCUT2D eigenvalue weighted by Gasteiger charge is 2.15. The lowest BCUT2D eigenvalue weighted by molar-refractivity contribution is -0.137. The predicted octanol–water partition coefficient (Wildman–Crippen LogP) is 5.20. The van der Waals surface area contributed by atoms with E-state index >= 15 is 0 Å². The number of rotatable bonds is 6. The molecule has 136 valence electrons. The molecule has 0 aliphatic heterocycles. The molecule has 0 radical (unpaired) electrons. The van der Waals surface area contributed by atoms with Gasteiger partial charge in [-0.2, -0.15) is 0 Å². The number of hydrogen-bond donors (Lipinski definition) is 1. The molecule has 3 aromatic carbocycles. The van der Waals surface area contributed by atoms with Gasteiger partial charge in [0.15, 0.2) is 5.58 Å². The highest BCUT2D eigenvalue weighted by molar-refractivity contribution is 5.90. The molecule has 27 heavy (non-hydrogen) atoms. The van der Waals surface area contributed by atoms with Gasteiger partial charge in [-0.1, -0.05) is 30.3 Å². The number of aromatic nitrogens is 1. The third-order valence-corrected chi connectivity index (χ3v) is 4.41. The Bertz CT molecular complexity index is 1130. The second kappa shape index (κ2) is 7.11. The largest absolute Gasteiger partial charge is 0.493 e. The number of carbonyl (C=O) groups is 1. The van der Waals surface area contributed by atoms with Crippen molar-refractivity contribution in [2.45, 2.75) is 19.8 Å². The molecule has 1 heterocycles. The van der Waals surface area contributed by atoms with Gasteiger partial charge >= 0.3 is 5.97 Å². The molecule has 1 N–H and O–H groups in total. The number of aliphatic carboxylic acids is 1. The summed E-state index contributed by atoms with van der Waals surface area (Å²) in [6.07, 6.45) is 0.513. The topological polar surface area (TPSA) is 72.6 Å². The van der Waals surface area contributed by atoms with Crippen molar-refractivity contribution >= 4 is 27.8 Å². The monoisotopic (exact) mass is 361 g/mol. The van der Waals surface area contributed by atoms with Crippen LogP contribution in [0.15, 0.2) is 59.0 Å². The average Bonchev–Trinajstić information content (AvgIpc) is 3.07. The van der Waals surface area contributed by atoms with Crippen molar-refractivity contribution in [3.8, 4) is 17.2 Å². The Morgan fingerprint density at radius 1 is 1.11 bits per heavy atom. The minimum absolute atomic E-state index is 0.0745. The average molecular weight is 361 g/mol. The van der Waals surface area contributed by atoms with Crippen LogP contribution in [0.1, 0.15) is 18.4 Å². The first-order valence-electron chi connectivity index (χ1n) is 8.85. The molecule has 5 heteroatoms. The van der Waals surface area contributed by atoms with Crippen LogP contribution in [0.3, 0.4) is 0 Å². The molecule has 4 aromatic rings. The number of oxazole rings is 1. The summed E-state index contributed by atoms with van der Waals surface area (Å²) in [5.74, 6) is 0.309. The van der Waals surface area contributed by atoms with E-state index in [1.165, 1.54) is 0 Å². The van der Waals surface area contributed by atoms with E-state index in [1.807, 2.05) is 61.5 Å². The summed E-state index contributed by atoms with van der Waals surface area (Å²) < 4.78 is 11.9. The lowest BCUT2D eigenvalue weighted by Crippen LogP contribution is -2.03. The first-order valence-corrected chi connectivity index (χ1v) is 8.85. The zero-order chi connectivity index (χ0) is 18.8. The lowest BCUT2D eigenvalue weighted by Gasteiger charge is -2.11. The number of aryl methyl sites for hydroxylation is 1. The molecule has 0 bridgehead atoms. The number of hydrogen-bond acceptors (Lipinski definition) is 4. The molecular weight excluding hydrogens is 342 g/mol. The standard InChI is InChI=1S/C22H19NO4/c1-14-8-9-18-20(11-14)27-22(23-18)17-12-15-5-2-3-6-16(15)13-19(17)26-10-4-7-21(24)25/h2-3,5-6,8-9,11-13H,4,7,10H2,1H3,(H,24,25). The van der Waals surface area contributed by atoms with Crippen LogP contribution in [0.5, 0.6) is 5.75 Å². The van der Waals surface area contributed by atoms with Crippen molar-refractivity contribution in [3.05, 3.63) is 60.2 Å². The van der Waals surface area contributed by atoms with Crippen molar-refractivity contribution in [3.63, 3.8) is 0 Å². The molecule has 0 aliphatic carbocycles. The first kappa shape index (κ1) is 17.1. The number of carboxylic acids is 1. The van der Waals surface area contributed by atoms with Crippen molar-refractivity contribution < 1.29 is 19.1 Å². The van der Waals surface area contributed by atoms with E-state index in [0.29, 0.717) is 24.7 Å². The van der Waals surface area contributed by atoms with Gasteiger partial charge in [-0.15, -0.1) is 0 Å². The summed E-state index contributed by atoms with van der Waals surface area (Å²) in [5, 5.41) is 10.9. The SMILES string of the molecule is Cc1ccc2nc(-c3cc4ccccc4cc3OCCCC(=O)O)oc2c1. The Morgan fingerprint density at radius 3 is 2.67 bits per heavy atom. The van der Waals surface area contributed by atoms with Crippen molar-refractivity contribution in [1.82, 2.24) is 4.98 Å². The van der Waals surface area contributed by atoms with Crippen LogP contribution in [0.25, 0.3) is 33.3 Å². The van der Waals surface area contributed by atoms with Gasteiger partial charge in [0, 0.05) is 6.42 Å². The normalized spacial score (nSPS) is 11.1. The number of carboxylic acid groups (broad SMARTS) is 1. The zero-order valence-electron chi connectivity index (χ0n) is 14.9. The van der Waals surface area contributed by atoms with Crippen LogP contribution >= 0.6 is 0 Å². The maximum Gasteiger partial charge on any atom is 0.303 e. The molecular formula is C22H19NO4. The van der Waals surface area contributed by atoms with E-state index in [2.05, 4.69) is 4.98 Å². The highest BCUT2D eigenvalue weighted by atomic mass is 16.5. The Labute approximate surface area is 156 Å². The van der Waals surface area contributed by atoms with Gasteiger partial charge in [0.1, 0.15) is 11.3 Å². The van der Waals surface area contributed by atoms with E-state index in [4.69, 9.17) is 14.3 Å². The minimum atomic E-state index is -0.827.